The standard InChI is InChI=1S/C14H25N3O3/c1-17-7-2-4-11(9-17)8-15-13(20)16-10-14(12(18)19)5-3-6-14/h11H,2-10H2,1H3,(H,18,19)(H2,15,16,20). The van der Waals surface area contributed by atoms with E-state index < -0.39 is 11.4 Å². The van der Waals surface area contributed by atoms with E-state index in [-0.39, 0.29) is 12.6 Å². The number of carboxylic acid groups (broad SMARTS) is 1. The van der Waals surface area contributed by atoms with Crippen molar-refractivity contribution in [3.63, 3.8) is 0 Å². The van der Waals surface area contributed by atoms with Gasteiger partial charge >= 0.3 is 12.0 Å². The summed E-state index contributed by atoms with van der Waals surface area (Å²) in [4.78, 5) is 25.2. The molecule has 0 bridgehead atoms. The molecular weight excluding hydrogens is 258 g/mol. The van der Waals surface area contributed by atoms with E-state index in [4.69, 9.17) is 0 Å². The number of hydrogen-bond acceptors (Lipinski definition) is 3. The number of amides is 2. The van der Waals surface area contributed by atoms with E-state index in [1.165, 1.54) is 6.42 Å². The summed E-state index contributed by atoms with van der Waals surface area (Å²) < 4.78 is 0. The second kappa shape index (κ2) is 6.43. The molecule has 6 nitrogen and oxygen atoms in total. The molecule has 2 amide bonds. The number of carboxylic acids is 1. The summed E-state index contributed by atoms with van der Waals surface area (Å²) >= 11 is 0. The molecule has 0 radical (unpaired) electrons. The average molecular weight is 283 g/mol. The minimum absolute atomic E-state index is 0.235. The maximum atomic E-state index is 11.7. The third-order valence-corrected chi connectivity index (χ3v) is 4.63. The predicted octanol–water partition coefficient (Wildman–Crippen LogP) is 0.882. The number of rotatable bonds is 5. The summed E-state index contributed by atoms with van der Waals surface area (Å²) in [6.07, 6.45) is 4.58. The molecule has 2 rings (SSSR count). The van der Waals surface area contributed by atoms with E-state index in [9.17, 15) is 14.7 Å². The van der Waals surface area contributed by atoms with Crippen molar-refractivity contribution in [1.29, 1.82) is 0 Å². The van der Waals surface area contributed by atoms with Gasteiger partial charge < -0.3 is 20.6 Å². The summed E-state index contributed by atoms with van der Waals surface area (Å²) in [6.45, 7) is 3.04. The van der Waals surface area contributed by atoms with E-state index in [2.05, 4.69) is 22.6 Å². The first-order chi connectivity index (χ1) is 9.52. The van der Waals surface area contributed by atoms with Gasteiger partial charge in [0.25, 0.3) is 0 Å². The molecule has 20 heavy (non-hydrogen) atoms. The molecule has 1 atom stereocenters. The molecule has 6 heteroatoms. The Kier molecular flexibility index (Phi) is 4.86. The van der Waals surface area contributed by atoms with Crippen molar-refractivity contribution < 1.29 is 14.7 Å². The van der Waals surface area contributed by atoms with Crippen molar-refractivity contribution in [3.8, 4) is 0 Å². The molecule has 0 spiro atoms. The van der Waals surface area contributed by atoms with Gasteiger partial charge in [-0.25, -0.2) is 4.79 Å². The number of urea groups is 1. The fourth-order valence-electron chi connectivity index (χ4n) is 3.06. The van der Waals surface area contributed by atoms with E-state index in [0.717, 1.165) is 25.9 Å². The van der Waals surface area contributed by atoms with Crippen LogP contribution in [0.1, 0.15) is 32.1 Å². The maximum absolute atomic E-state index is 11.7. The highest BCUT2D eigenvalue weighted by atomic mass is 16.4. The second-order valence-corrected chi connectivity index (χ2v) is 6.27. The van der Waals surface area contributed by atoms with Crippen LogP contribution < -0.4 is 10.6 Å². The lowest BCUT2D eigenvalue weighted by Crippen LogP contribution is -2.50. The Hall–Kier alpha value is -1.30. The molecule has 1 aliphatic heterocycles. The zero-order valence-corrected chi connectivity index (χ0v) is 12.2. The third-order valence-electron chi connectivity index (χ3n) is 4.63. The van der Waals surface area contributed by atoms with Gasteiger partial charge in [0.05, 0.1) is 5.41 Å². The van der Waals surface area contributed by atoms with Crippen LogP contribution in [0.25, 0.3) is 0 Å². The first-order valence-electron chi connectivity index (χ1n) is 7.45. The molecular formula is C14H25N3O3. The number of aliphatic carboxylic acids is 1. The van der Waals surface area contributed by atoms with Gasteiger partial charge in [-0.1, -0.05) is 6.42 Å². The Bertz CT molecular complexity index is 369. The highest BCUT2D eigenvalue weighted by Crippen LogP contribution is 2.40. The monoisotopic (exact) mass is 283 g/mol. The molecule has 0 aromatic rings. The fourth-order valence-corrected chi connectivity index (χ4v) is 3.06. The van der Waals surface area contributed by atoms with E-state index in [1.54, 1.807) is 0 Å². The molecule has 0 aromatic carbocycles. The summed E-state index contributed by atoms with van der Waals surface area (Å²) in [7, 11) is 2.10. The van der Waals surface area contributed by atoms with Gasteiger partial charge in [0.15, 0.2) is 0 Å². The molecule has 1 aliphatic carbocycles. The molecule has 1 saturated heterocycles. The second-order valence-electron chi connectivity index (χ2n) is 6.27. The number of nitrogens with zero attached hydrogens (tertiary/aromatic N) is 1. The molecule has 1 unspecified atom stereocenters. The molecule has 2 fully saturated rings. The normalized spacial score (nSPS) is 25.6. The number of nitrogens with one attached hydrogen (secondary N) is 2. The Morgan fingerprint density at radius 2 is 2.05 bits per heavy atom. The molecule has 0 aromatic heterocycles. The maximum Gasteiger partial charge on any atom is 0.314 e. The van der Waals surface area contributed by atoms with Crippen molar-refractivity contribution in [3.05, 3.63) is 0 Å². The van der Waals surface area contributed by atoms with Crippen LogP contribution in [0.3, 0.4) is 0 Å². The zero-order chi connectivity index (χ0) is 14.6. The predicted molar refractivity (Wildman–Crippen MR) is 75.5 cm³/mol. The first-order valence-corrected chi connectivity index (χ1v) is 7.45. The van der Waals surface area contributed by atoms with Gasteiger partial charge in [0.1, 0.15) is 0 Å². The van der Waals surface area contributed by atoms with Crippen LogP contribution in [0.4, 0.5) is 4.79 Å². The molecule has 1 heterocycles. The van der Waals surface area contributed by atoms with Crippen LogP contribution in [0.2, 0.25) is 0 Å². The Morgan fingerprint density at radius 3 is 2.60 bits per heavy atom. The van der Waals surface area contributed by atoms with E-state index in [1.807, 2.05) is 0 Å². The van der Waals surface area contributed by atoms with Crippen LogP contribution in [-0.4, -0.2) is 55.2 Å². The fraction of sp³-hybridized carbons (Fsp3) is 0.857. The number of hydrogen-bond donors (Lipinski definition) is 3. The number of likely N-dealkylation sites (tertiary alicyclic amines) is 1. The van der Waals surface area contributed by atoms with Crippen LogP contribution in [0.5, 0.6) is 0 Å². The van der Waals surface area contributed by atoms with Crippen molar-refractivity contribution >= 4 is 12.0 Å². The van der Waals surface area contributed by atoms with Gasteiger partial charge in [-0.2, -0.15) is 0 Å². The SMILES string of the molecule is CN1CCCC(CNC(=O)NCC2(C(=O)O)CCC2)C1. The van der Waals surface area contributed by atoms with Crippen molar-refractivity contribution in [1.82, 2.24) is 15.5 Å². The van der Waals surface area contributed by atoms with Gasteiger partial charge in [0.2, 0.25) is 0 Å². The first kappa shape index (κ1) is 15.1. The number of carbonyl (C=O) groups is 2. The number of carbonyl (C=O) groups excluding carboxylic acids is 1. The lowest BCUT2D eigenvalue weighted by molar-refractivity contribution is -0.153. The smallest absolute Gasteiger partial charge is 0.314 e. The Balaban J connectivity index is 1.66. The lowest BCUT2D eigenvalue weighted by atomic mass is 9.69. The van der Waals surface area contributed by atoms with Crippen LogP contribution in [0, 0.1) is 11.3 Å². The summed E-state index contributed by atoms with van der Waals surface area (Å²) in [6, 6.07) is -0.245. The van der Waals surface area contributed by atoms with Crippen LogP contribution in [-0.2, 0) is 4.79 Å². The van der Waals surface area contributed by atoms with Gasteiger partial charge in [0, 0.05) is 19.6 Å². The summed E-state index contributed by atoms with van der Waals surface area (Å²) in [5, 5.41) is 14.8. The van der Waals surface area contributed by atoms with E-state index >= 15 is 0 Å². The van der Waals surface area contributed by atoms with Gasteiger partial charge in [-0.05, 0) is 45.2 Å². The number of piperidine rings is 1. The Morgan fingerprint density at radius 1 is 1.30 bits per heavy atom. The van der Waals surface area contributed by atoms with Crippen molar-refractivity contribution in [2.24, 2.45) is 11.3 Å². The average Bonchev–Trinajstić information content (AvgIpc) is 2.34. The van der Waals surface area contributed by atoms with Gasteiger partial charge in [-0.3, -0.25) is 4.79 Å². The topological polar surface area (TPSA) is 81.7 Å². The molecule has 114 valence electrons. The molecule has 3 N–H and O–H groups in total. The highest BCUT2D eigenvalue weighted by Gasteiger charge is 2.44. The minimum atomic E-state index is -0.794. The summed E-state index contributed by atoms with van der Waals surface area (Å²) in [5.41, 5.74) is -0.720. The van der Waals surface area contributed by atoms with Crippen molar-refractivity contribution in [2.75, 3.05) is 33.2 Å². The van der Waals surface area contributed by atoms with Crippen molar-refractivity contribution in [2.45, 2.75) is 32.1 Å². The van der Waals surface area contributed by atoms with E-state index in [0.29, 0.717) is 25.3 Å². The Labute approximate surface area is 119 Å². The van der Waals surface area contributed by atoms with Gasteiger partial charge in [-0.15, -0.1) is 0 Å². The largest absolute Gasteiger partial charge is 0.481 e. The third kappa shape index (κ3) is 3.62. The van der Waals surface area contributed by atoms with Crippen LogP contribution in [0.15, 0.2) is 0 Å². The lowest BCUT2D eigenvalue weighted by Gasteiger charge is -2.37. The molecule has 1 saturated carbocycles. The summed E-state index contributed by atoms with van der Waals surface area (Å²) in [5.74, 6) is -0.297. The quantitative estimate of drug-likeness (QED) is 0.699. The minimum Gasteiger partial charge on any atom is -0.481 e. The highest BCUT2D eigenvalue weighted by molar-refractivity contribution is 5.78. The zero-order valence-electron chi connectivity index (χ0n) is 12.2. The molecule has 2 aliphatic rings. The van der Waals surface area contributed by atoms with Crippen LogP contribution >= 0.6 is 0 Å².